The van der Waals surface area contributed by atoms with Gasteiger partial charge < -0.3 is 13.9 Å². The molecule has 0 unspecified atom stereocenters. The van der Waals surface area contributed by atoms with E-state index in [-0.39, 0.29) is 16.7 Å². The number of hydrogen-bond donors (Lipinski definition) is 0. The highest BCUT2D eigenvalue weighted by Gasteiger charge is 2.07. The van der Waals surface area contributed by atoms with Crippen molar-refractivity contribution in [3.05, 3.63) is 76.4 Å². The number of halogens is 1. The Morgan fingerprint density at radius 3 is 2.76 bits per heavy atom. The molecule has 1 aromatic heterocycles. The highest BCUT2D eigenvalue weighted by atomic mass is 19.1. The fraction of sp³-hybridized carbons (Fsp3) is 0.0526. The first-order valence-electron chi connectivity index (χ1n) is 7.32. The Bertz CT molecular complexity index is 1020. The number of hydrogen-bond acceptors (Lipinski definition) is 5. The van der Waals surface area contributed by atoms with Gasteiger partial charge in [0, 0.05) is 18.2 Å². The first kappa shape index (κ1) is 16.4. The molecule has 1 heterocycles. The zero-order chi connectivity index (χ0) is 17.8. The van der Waals surface area contributed by atoms with Crippen LogP contribution in [0.5, 0.6) is 11.5 Å². The van der Waals surface area contributed by atoms with E-state index in [0.29, 0.717) is 16.7 Å². The van der Waals surface area contributed by atoms with E-state index >= 15 is 0 Å². The molecule has 0 aliphatic rings. The Morgan fingerprint density at radius 1 is 1.16 bits per heavy atom. The Morgan fingerprint density at radius 2 is 2.00 bits per heavy atom. The van der Waals surface area contributed by atoms with E-state index < -0.39 is 11.8 Å². The average molecular weight is 340 g/mol. The molecule has 5 nitrogen and oxygen atoms in total. The van der Waals surface area contributed by atoms with Gasteiger partial charge in [0.25, 0.3) is 0 Å². The number of rotatable bonds is 4. The molecule has 0 aliphatic heterocycles. The Kier molecular flexibility index (Phi) is 4.61. The van der Waals surface area contributed by atoms with Crippen molar-refractivity contribution >= 4 is 23.0 Å². The van der Waals surface area contributed by atoms with E-state index in [1.165, 1.54) is 37.6 Å². The van der Waals surface area contributed by atoms with E-state index in [1.807, 2.05) is 0 Å². The van der Waals surface area contributed by atoms with Crippen LogP contribution >= 0.6 is 0 Å². The van der Waals surface area contributed by atoms with Crippen molar-refractivity contribution in [2.45, 2.75) is 0 Å². The standard InChI is InChI=1S/C19H13FO5/c1-23-14-6-7-16-17(10-14)24-11-12(19(16)22)5-8-18(21)25-15-4-2-3-13(20)9-15/h2-11H,1H3/b8-5+. The molecule has 0 aliphatic carbocycles. The quantitative estimate of drug-likeness (QED) is 0.413. The van der Waals surface area contributed by atoms with E-state index in [0.717, 1.165) is 12.1 Å². The Labute approximate surface area is 141 Å². The van der Waals surface area contributed by atoms with E-state index in [1.54, 1.807) is 18.2 Å². The van der Waals surface area contributed by atoms with Crippen LogP contribution in [-0.2, 0) is 4.79 Å². The minimum atomic E-state index is -0.736. The zero-order valence-electron chi connectivity index (χ0n) is 13.2. The summed E-state index contributed by atoms with van der Waals surface area (Å²) in [7, 11) is 1.51. The van der Waals surface area contributed by atoms with Crippen LogP contribution in [0.4, 0.5) is 4.39 Å². The lowest BCUT2D eigenvalue weighted by molar-refractivity contribution is -0.128. The molecule has 3 aromatic rings. The van der Waals surface area contributed by atoms with Crippen LogP contribution < -0.4 is 14.9 Å². The number of fused-ring (bicyclic) bond motifs is 1. The molecule has 126 valence electrons. The normalized spacial score (nSPS) is 11.0. The van der Waals surface area contributed by atoms with Gasteiger partial charge in [0.15, 0.2) is 5.43 Å². The van der Waals surface area contributed by atoms with Crippen molar-refractivity contribution in [3.8, 4) is 11.5 Å². The fourth-order valence-electron chi connectivity index (χ4n) is 2.20. The number of carbonyl (C=O) groups is 1. The van der Waals surface area contributed by atoms with Crippen molar-refractivity contribution in [2.75, 3.05) is 7.11 Å². The lowest BCUT2D eigenvalue weighted by Gasteiger charge is -2.02. The second kappa shape index (κ2) is 7.00. The second-order valence-electron chi connectivity index (χ2n) is 5.09. The zero-order valence-corrected chi connectivity index (χ0v) is 13.2. The molecule has 0 N–H and O–H groups in total. The molecular weight excluding hydrogens is 327 g/mol. The van der Waals surface area contributed by atoms with Crippen LogP contribution in [-0.4, -0.2) is 13.1 Å². The van der Waals surface area contributed by atoms with Crippen LogP contribution in [0.15, 0.2) is 64.0 Å². The van der Waals surface area contributed by atoms with Gasteiger partial charge in [0.2, 0.25) is 0 Å². The lowest BCUT2D eigenvalue weighted by atomic mass is 10.1. The summed E-state index contributed by atoms with van der Waals surface area (Å²) in [5.41, 5.74) is 0.274. The summed E-state index contributed by atoms with van der Waals surface area (Å²) < 4.78 is 28.5. The maximum atomic E-state index is 13.1. The smallest absolute Gasteiger partial charge is 0.336 e. The molecule has 6 heteroatoms. The molecule has 25 heavy (non-hydrogen) atoms. The van der Waals surface area contributed by atoms with Gasteiger partial charge in [-0.3, -0.25) is 4.79 Å². The molecule has 3 rings (SSSR count). The highest BCUT2D eigenvalue weighted by molar-refractivity contribution is 5.89. The van der Waals surface area contributed by atoms with Gasteiger partial charge in [-0.25, -0.2) is 9.18 Å². The number of ether oxygens (including phenoxy) is 2. The van der Waals surface area contributed by atoms with Crippen LogP contribution in [0.25, 0.3) is 17.0 Å². The average Bonchev–Trinajstić information content (AvgIpc) is 2.61. The highest BCUT2D eigenvalue weighted by Crippen LogP contribution is 2.19. The molecule has 0 saturated heterocycles. The maximum absolute atomic E-state index is 13.1. The summed E-state index contributed by atoms with van der Waals surface area (Å²) in [6.07, 6.45) is 3.61. The largest absolute Gasteiger partial charge is 0.497 e. The third-order valence-corrected chi connectivity index (χ3v) is 3.42. The van der Waals surface area contributed by atoms with Gasteiger partial charge in [-0.15, -0.1) is 0 Å². The lowest BCUT2D eigenvalue weighted by Crippen LogP contribution is -2.07. The van der Waals surface area contributed by atoms with E-state index in [9.17, 15) is 14.0 Å². The van der Waals surface area contributed by atoms with Crippen LogP contribution in [0.2, 0.25) is 0 Å². The van der Waals surface area contributed by atoms with Gasteiger partial charge in [-0.05, 0) is 30.3 Å². The number of carbonyl (C=O) groups excluding carboxylic acids is 1. The summed E-state index contributed by atoms with van der Waals surface area (Å²) >= 11 is 0. The molecule has 0 fully saturated rings. The van der Waals surface area contributed by atoms with Gasteiger partial charge in [-0.1, -0.05) is 6.07 Å². The maximum Gasteiger partial charge on any atom is 0.336 e. The summed E-state index contributed by atoms with van der Waals surface area (Å²) in [5.74, 6) is -0.607. The predicted molar refractivity (Wildman–Crippen MR) is 90.1 cm³/mol. The number of esters is 1. The topological polar surface area (TPSA) is 65.7 Å². The van der Waals surface area contributed by atoms with Gasteiger partial charge >= 0.3 is 5.97 Å². The monoisotopic (exact) mass is 340 g/mol. The molecule has 0 atom stereocenters. The third kappa shape index (κ3) is 3.74. The summed E-state index contributed by atoms with van der Waals surface area (Å²) in [6, 6.07) is 10.0. The summed E-state index contributed by atoms with van der Waals surface area (Å²) in [4.78, 5) is 24.2. The summed E-state index contributed by atoms with van der Waals surface area (Å²) in [5, 5.41) is 0.362. The van der Waals surface area contributed by atoms with Crippen LogP contribution in [0.1, 0.15) is 5.56 Å². The first-order chi connectivity index (χ1) is 12.1. The first-order valence-corrected chi connectivity index (χ1v) is 7.32. The van der Waals surface area contributed by atoms with Crippen molar-refractivity contribution in [2.24, 2.45) is 0 Å². The van der Waals surface area contributed by atoms with Crippen molar-refractivity contribution in [1.29, 1.82) is 0 Å². The van der Waals surface area contributed by atoms with Gasteiger partial charge in [-0.2, -0.15) is 0 Å². The predicted octanol–water partition coefficient (Wildman–Crippen LogP) is 3.56. The summed E-state index contributed by atoms with van der Waals surface area (Å²) in [6.45, 7) is 0. The van der Waals surface area contributed by atoms with Crippen LogP contribution in [0, 0.1) is 5.82 Å². The molecule has 0 saturated carbocycles. The minimum absolute atomic E-state index is 0.0762. The van der Waals surface area contributed by atoms with E-state index in [2.05, 4.69) is 0 Å². The molecule has 0 bridgehead atoms. The van der Waals surface area contributed by atoms with Crippen molar-refractivity contribution < 1.29 is 23.1 Å². The molecule has 0 spiro atoms. The number of methoxy groups -OCH3 is 1. The van der Waals surface area contributed by atoms with Crippen molar-refractivity contribution in [3.63, 3.8) is 0 Å². The molecule has 0 radical (unpaired) electrons. The Balaban J connectivity index is 1.82. The molecular formula is C19H13FO5. The second-order valence-corrected chi connectivity index (χ2v) is 5.09. The molecule has 2 aromatic carbocycles. The number of benzene rings is 2. The molecule has 0 amide bonds. The van der Waals surface area contributed by atoms with E-state index in [4.69, 9.17) is 13.9 Å². The SMILES string of the molecule is COc1ccc2c(=O)c(/C=C/C(=O)Oc3cccc(F)c3)coc2c1. The third-order valence-electron chi connectivity index (χ3n) is 3.42. The Hall–Kier alpha value is -3.41. The van der Waals surface area contributed by atoms with Gasteiger partial charge in [0.05, 0.1) is 18.1 Å². The van der Waals surface area contributed by atoms with Gasteiger partial charge in [0.1, 0.15) is 29.2 Å². The van der Waals surface area contributed by atoms with Crippen molar-refractivity contribution in [1.82, 2.24) is 0 Å². The van der Waals surface area contributed by atoms with Crippen LogP contribution in [0.3, 0.4) is 0 Å². The minimum Gasteiger partial charge on any atom is -0.497 e. The fourth-order valence-corrected chi connectivity index (χ4v) is 2.20.